The molecule has 2 heterocycles. The summed E-state index contributed by atoms with van der Waals surface area (Å²) >= 11 is 1.76. The molecule has 0 bridgehead atoms. The summed E-state index contributed by atoms with van der Waals surface area (Å²) in [5, 5.41) is 4.20. The molecule has 1 saturated heterocycles. The average Bonchev–Trinajstić information content (AvgIpc) is 3.28. The fourth-order valence-corrected chi connectivity index (χ4v) is 4.70. The molecular weight excluding hydrogens is 342 g/mol. The van der Waals surface area contributed by atoms with Crippen LogP contribution in [-0.2, 0) is 11.2 Å². The van der Waals surface area contributed by atoms with Crippen molar-refractivity contribution in [1.82, 2.24) is 15.2 Å². The molecule has 1 aromatic heterocycles. The van der Waals surface area contributed by atoms with E-state index in [-0.39, 0.29) is 11.9 Å². The van der Waals surface area contributed by atoms with Crippen molar-refractivity contribution in [3.63, 3.8) is 0 Å². The Morgan fingerprint density at radius 1 is 1.15 bits per heavy atom. The zero-order valence-electron chi connectivity index (χ0n) is 14.7. The van der Waals surface area contributed by atoms with E-state index in [1.54, 1.807) is 11.3 Å². The van der Waals surface area contributed by atoms with Gasteiger partial charge in [-0.25, -0.2) is 4.98 Å². The largest absolute Gasteiger partial charge is 0.355 e. The minimum atomic E-state index is 0.106. The maximum Gasteiger partial charge on any atom is 0.234 e. The van der Waals surface area contributed by atoms with Crippen LogP contribution in [0.2, 0.25) is 0 Å². The Balaban J connectivity index is 1.33. The van der Waals surface area contributed by atoms with Gasteiger partial charge in [-0.1, -0.05) is 42.5 Å². The first-order chi connectivity index (χ1) is 12.8. The van der Waals surface area contributed by atoms with Crippen LogP contribution in [0.3, 0.4) is 0 Å². The van der Waals surface area contributed by atoms with Gasteiger partial charge in [0.2, 0.25) is 5.91 Å². The van der Waals surface area contributed by atoms with Crippen molar-refractivity contribution < 1.29 is 4.79 Å². The topological polar surface area (TPSA) is 45.2 Å². The summed E-state index contributed by atoms with van der Waals surface area (Å²) in [4.78, 5) is 19.4. The highest BCUT2D eigenvalue weighted by molar-refractivity contribution is 7.18. The first kappa shape index (κ1) is 17.2. The molecule has 1 aliphatic rings. The Bertz CT molecular complexity index is 844. The normalized spacial score (nSPS) is 17.6. The Morgan fingerprint density at radius 3 is 2.81 bits per heavy atom. The van der Waals surface area contributed by atoms with E-state index in [1.807, 2.05) is 24.3 Å². The maximum atomic E-state index is 12.4. The summed E-state index contributed by atoms with van der Waals surface area (Å²) in [6.45, 7) is 2.10. The molecule has 26 heavy (non-hydrogen) atoms. The number of para-hydroxylation sites is 1. The van der Waals surface area contributed by atoms with Crippen LogP contribution in [0, 0.1) is 0 Å². The van der Waals surface area contributed by atoms with Gasteiger partial charge in [0, 0.05) is 6.54 Å². The lowest BCUT2D eigenvalue weighted by Gasteiger charge is -2.22. The van der Waals surface area contributed by atoms with Gasteiger partial charge in [0.15, 0.2) is 0 Å². The zero-order valence-corrected chi connectivity index (χ0v) is 15.5. The van der Waals surface area contributed by atoms with Crippen LogP contribution in [-0.4, -0.2) is 35.4 Å². The Labute approximate surface area is 157 Å². The van der Waals surface area contributed by atoms with Gasteiger partial charge in [0.05, 0.1) is 22.8 Å². The number of nitrogens with zero attached hydrogens (tertiary/aromatic N) is 2. The highest BCUT2D eigenvalue weighted by atomic mass is 32.1. The number of thiazole rings is 1. The lowest BCUT2D eigenvalue weighted by molar-refractivity contribution is -0.122. The highest BCUT2D eigenvalue weighted by Gasteiger charge is 2.29. The van der Waals surface area contributed by atoms with E-state index in [0.29, 0.717) is 13.1 Å². The molecule has 0 unspecified atom stereocenters. The molecule has 0 spiro atoms. The number of amides is 1. The number of nitrogens with one attached hydrogen (secondary N) is 1. The first-order valence-electron chi connectivity index (χ1n) is 9.20. The summed E-state index contributed by atoms with van der Waals surface area (Å²) in [6.07, 6.45) is 3.07. The van der Waals surface area contributed by atoms with Gasteiger partial charge in [-0.3, -0.25) is 9.69 Å². The lowest BCUT2D eigenvalue weighted by Crippen LogP contribution is -2.37. The zero-order chi connectivity index (χ0) is 17.8. The van der Waals surface area contributed by atoms with Crippen LogP contribution in [0.5, 0.6) is 0 Å². The fourth-order valence-electron chi connectivity index (χ4n) is 3.56. The molecule has 134 valence electrons. The van der Waals surface area contributed by atoms with Gasteiger partial charge in [0.25, 0.3) is 0 Å². The number of hydrogen-bond acceptors (Lipinski definition) is 4. The lowest BCUT2D eigenvalue weighted by atomic mass is 10.1. The molecule has 1 amide bonds. The van der Waals surface area contributed by atoms with Crippen molar-refractivity contribution in [3.05, 3.63) is 65.2 Å². The van der Waals surface area contributed by atoms with Gasteiger partial charge in [0.1, 0.15) is 5.01 Å². The third-order valence-corrected chi connectivity index (χ3v) is 6.02. The number of likely N-dealkylation sites (tertiary alicyclic amines) is 1. The number of carbonyl (C=O) groups is 1. The Kier molecular flexibility index (Phi) is 5.27. The van der Waals surface area contributed by atoms with Crippen molar-refractivity contribution >= 4 is 27.5 Å². The van der Waals surface area contributed by atoms with Crippen molar-refractivity contribution in [2.45, 2.75) is 25.3 Å². The van der Waals surface area contributed by atoms with E-state index in [4.69, 9.17) is 4.98 Å². The minimum Gasteiger partial charge on any atom is -0.355 e. The van der Waals surface area contributed by atoms with E-state index in [1.165, 1.54) is 10.3 Å². The number of carbonyl (C=O) groups excluding carboxylic acids is 1. The fraction of sp³-hybridized carbons (Fsp3) is 0.333. The number of fused-ring (bicyclic) bond motifs is 1. The molecule has 4 nitrogen and oxygen atoms in total. The quantitative estimate of drug-likeness (QED) is 0.723. The van der Waals surface area contributed by atoms with Crippen LogP contribution in [0.4, 0.5) is 0 Å². The molecule has 5 heteroatoms. The van der Waals surface area contributed by atoms with Crippen LogP contribution in [0.15, 0.2) is 54.6 Å². The van der Waals surface area contributed by atoms with Crippen LogP contribution >= 0.6 is 11.3 Å². The molecule has 0 aliphatic carbocycles. The summed E-state index contributed by atoms with van der Waals surface area (Å²) < 4.78 is 1.22. The number of benzene rings is 2. The predicted octanol–water partition coefficient (Wildman–Crippen LogP) is 3.79. The average molecular weight is 366 g/mol. The summed E-state index contributed by atoms with van der Waals surface area (Å²) in [6, 6.07) is 18.8. The van der Waals surface area contributed by atoms with Crippen LogP contribution in [0.1, 0.15) is 29.5 Å². The SMILES string of the molecule is O=C(CN1CCC[C@@H]1c1nc2ccccc2s1)NCCc1ccccc1. The maximum absolute atomic E-state index is 12.4. The van der Waals surface area contributed by atoms with Crippen LogP contribution < -0.4 is 5.32 Å². The molecule has 4 rings (SSSR count). The Hall–Kier alpha value is -2.24. The second kappa shape index (κ2) is 7.98. The van der Waals surface area contributed by atoms with E-state index in [9.17, 15) is 4.79 Å². The third kappa shape index (κ3) is 3.94. The molecule has 1 aliphatic heterocycles. The van der Waals surface area contributed by atoms with Crippen LogP contribution in [0.25, 0.3) is 10.2 Å². The van der Waals surface area contributed by atoms with Crippen molar-refractivity contribution in [1.29, 1.82) is 0 Å². The van der Waals surface area contributed by atoms with E-state index in [0.717, 1.165) is 36.3 Å². The van der Waals surface area contributed by atoms with E-state index >= 15 is 0 Å². The first-order valence-corrected chi connectivity index (χ1v) is 10.0. The smallest absolute Gasteiger partial charge is 0.234 e. The molecule has 3 aromatic rings. The van der Waals surface area contributed by atoms with Gasteiger partial charge in [-0.05, 0) is 43.5 Å². The van der Waals surface area contributed by atoms with Crippen molar-refractivity contribution in [2.24, 2.45) is 0 Å². The van der Waals surface area contributed by atoms with Gasteiger partial charge in [-0.2, -0.15) is 0 Å². The highest BCUT2D eigenvalue weighted by Crippen LogP contribution is 2.36. The second-order valence-electron chi connectivity index (χ2n) is 6.73. The number of aromatic nitrogens is 1. The third-order valence-electron chi connectivity index (χ3n) is 4.88. The summed E-state index contributed by atoms with van der Waals surface area (Å²) in [5.74, 6) is 0.106. The second-order valence-corrected chi connectivity index (χ2v) is 7.80. The molecule has 1 N–H and O–H groups in total. The van der Waals surface area contributed by atoms with Gasteiger partial charge < -0.3 is 5.32 Å². The summed E-state index contributed by atoms with van der Waals surface area (Å²) in [7, 11) is 0. The van der Waals surface area contributed by atoms with Crippen molar-refractivity contribution in [3.8, 4) is 0 Å². The molecule has 1 fully saturated rings. The standard InChI is InChI=1S/C21H23N3OS/c25-20(22-13-12-16-7-2-1-3-8-16)15-24-14-6-10-18(24)21-23-17-9-4-5-11-19(17)26-21/h1-5,7-9,11,18H,6,10,12-15H2,(H,22,25)/t18-/m1/s1. The molecule has 0 saturated carbocycles. The predicted molar refractivity (Wildman–Crippen MR) is 106 cm³/mol. The van der Waals surface area contributed by atoms with Gasteiger partial charge >= 0.3 is 0 Å². The molecule has 2 aromatic carbocycles. The molecule has 1 atom stereocenters. The monoisotopic (exact) mass is 365 g/mol. The number of hydrogen-bond donors (Lipinski definition) is 1. The molecule has 0 radical (unpaired) electrons. The summed E-state index contributed by atoms with van der Waals surface area (Å²) in [5.41, 5.74) is 2.31. The Morgan fingerprint density at radius 2 is 1.96 bits per heavy atom. The van der Waals surface area contributed by atoms with E-state index < -0.39 is 0 Å². The van der Waals surface area contributed by atoms with E-state index in [2.05, 4.69) is 40.5 Å². The van der Waals surface area contributed by atoms with Gasteiger partial charge in [-0.15, -0.1) is 11.3 Å². The molecular formula is C21H23N3OS. The van der Waals surface area contributed by atoms with Crippen molar-refractivity contribution in [2.75, 3.05) is 19.6 Å². The minimum absolute atomic E-state index is 0.106. The number of rotatable bonds is 6.